The average molecular weight is 431 g/mol. The number of aliphatic hydroxyl groups excluding tert-OH is 1. The average Bonchev–Trinajstić information content (AvgIpc) is 3.55. The summed E-state index contributed by atoms with van der Waals surface area (Å²) in [5, 5.41) is 10.2. The highest BCUT2D eigenvalue weighted by Gasteiger charge is 2.59. The van der Waals surface area contributed by atoms with E-state index >= 15 is 0 Å². The van der Waals surface area contributed by atoms with Crippen LogP contribution >= 0.6 is 0 Å². The van der Waals surface area contributed by atoms with Gasteiger partial charge in [0.15, 0.2) is 0 Å². The summed E-state index contributed by atoms with van der Waals surface area (Å²) >= 11 is 0. The molecule has 0 amide bonds. The van der Waals surface area contributed by atoms with E-state index in [0.29, 0.717) is 10.8 Å². The van der Waals surface area contributed by atoms with Gasteiger partial charge in [0.05, 0.1) is 19.3 Å². The zero-order valence-electron chi connectivity index (χ0n) is 21.2. The predicted molar refractivity (Wildman–Crippen MR) is 130 cm³/mol. The van der Waals surface area contributed by atoms with Crippen LogP contribution in [0.1, 0.15) is 105 Å². The molecule has 1 aliphatic heterocycles. The molecule has 0 radical (unpaired) electrons. The van der Waals surface area contributed by atoms with Crippen molar-refractivity contribution in [1.82, 2.24) is 0 Å². The smallest absolute Gasteiger partial charge is 0.0701 e. The van der Waals surface area contributed by atoms with E-state index in [0.717, 1.165) is 61.6 Å². The third-order valence-electron chi connectivity index (χ3n) is 10.5. The van der Waals surface area contributed by atoms with Crippen LogP contribution in [0.25, 0.3) is 0 Å². The Kier molecular flexibility index (Phi) is 7.29. The second-order valence-corrected chi connectivity index (χ2v) is 12.8. The number of epoxide rings is 1. The Morgan fingerprint density at radius 3 is 2.42 bits per heavy atom. The first-order valence-electron chi connectivity index (χ1n) is 13.7. The van der Waals surface area contributed by atoms with E-state index in [1.165, 1.54) is 57.8 Å². The third kappa shape index (κ3) is 4.81. The van der Waals surface area contributed by atoms with Gasteiger partial charge in [-0.2, -0.15) is 0 Å². The minimum Gasteiger partial charge on any atom is -0.393 e. The SMILES string of the molecule is C1CO1.CC(C)CCCC(C)[C@H]1CC[C@H]2[C@@H]3CC=C4C[C@@H](O)CC[C@]4(C)[C@H]3CC[C@]12C. The van der Waals surface area contributed by atoms with Crippen molar-refractivity contribution in [3.63, 3.8) is 0 Å². The maximum Gasteiger partial charge on any atom is 0.0701 e. The molecule has 3 saturated carbocycles. The molecule has 5 aliphatic rings. The molecule has 1 unspecified atom stereocenters. The highest BCUT2D eigenvalue weighted by molar-refractivity contribution is 5.25. The summed E-state index contributed by atoms with van der Waals surface area (Å²) in [5.41, 5.74) is 2.60. The van der Waals surface area contributed by atoms with Crippen molar-refractivity contribution in [2.45, 2.75) is 111 Å². The van der Waals surface area contributed by atoms with E-state index in [1.54, 1.807) is 5.57 Å². The topological polar surface area (TPSA) is 32.8 Å². The number of hydrogen-bond acceptors (Lipinski definition) is 2. The molecule has 5 rings (SSSR count). The summed E-state index contributed by atoms with van der Waals surface area (Å²) < 4.78 is 4.50. The Balaban J connectivity index is 0.000000710. The number of fused-ring (bicyclic) bond motifs is 5. The van der Waals surface area contributed by atoms with Crippen LogP contribution in [-0.4, -0.2) is 24.4 Å². The molecule has 1 saturated heterocycles. The summed E-state index contributed by atoms with van der Waals surface area (Å²) in [6.45, 7) is 14.6. The second kappa shape index (κ2) is 9.49. The number of rotatable bonds is 5. The van der Waals surface area contributed by atoms with Crippen molar-refractivity contribution >= 4 is 0 Å². The molecule has 1 N–H and O–H groups in total. The van der Waals surface area contributed by atoms with Crippen LogP contribution in [0.3, 0.4) is 0 Å². The van der Waals surface area contributed by atoms with Crippen LogP contribution in [0.4, 0.5) is 0 Å². The van der Waals surface area contributed by atoms with Gasteiger partial charge in [0.25, 0.3) is 0 Å². The molecule has 4 fully saturated rings. The number of hydrogen-bond donors (Lipinski definition) is 1. The van der Waals surface area contributed by atoms with Gasteiger partial charge < -0.3 is 9.84 Å². The summed E-state index contributed by atoms with van der Waals surface area (Å²) in [6, 6.07) is 0. The monoisotopic (exact) mass is 430 g/mol. The van der Waals surface area contributed by atoms with Gasteiger partial charge in [0, 0.05) is 0 Å². The lowest BCUT2D eigenvalue weighted by Gasteiger charge is -2.58. The first-order chi connectivity index (χ1) is 14.8. The molecule has 1 heterocycles. The van der Waals surface area contributed by atoms with E-state index in [4.69, 9.17) is 0 Å². The molecular formula is C29H50O2. The van der Waals surface area contributed by atoms with Crippen molar-refractivity contribution in [1.29, 1.82) is 0 Å². The standard InChI is InChI=1S/C27H46O.C2H4O/c1-18(2)7-6-8-19(3)23-11-12-24-22-10-9-20-17-21(28)13-15-26(20,4)25(22)14-16-27(23,24)5;1-2-3-1/h9,18-19,21-25,28H,6-8,10-17H2,1-5H3;1-2H2/t19?,21-,22-,23+,24-,25-,26-,27+;/m0./s1. The fourth-order valence-electron chi connectivity index (χ4n) is 8.67. The van der Waals surface area contributed by atoms with Crippen LogP contribution in [0, 0.1) is 46.3 Å². The maximum absolute atomic E-state index is 10.2. The van der Waals surface area contributed by atoms with Gasteiger partial charge in [-0.15, -0.1) is 0 Å². The van der Waals surface area contributed by atoms with Gasteiger partial charge in [0.2, 0.25) is 0 Å². The summed E-state index contributed by atoms with van der Waals surface area (Å²) in [5.74, 6) is 5.46. The van der Waals surface area contributed by atoms with Crippen LogP contribution < -0.4 is 0 Å². The molecule has 0 aromatic heterocycles. The second-order valence-electron chi connectivity index (χ2n) is 12.8. The quantitative estimate of drug-likeness (QED) is 0.364. The molecule has 0 bridgehead atoms. The van der Waals surface area contributed by atoms with Gasteiger partial charge in [-0.3, -0.25) is 0 Å². The summed E-state index contributed by atoms with van der Waals surface area (Å²) in [7, 11) is 0. The highest BCUT2D eigenvalue weighted by Crippen LogP contribution is 2.67. The lowest BCUT2D eigenvalue weighted by atomic mass is 9.47. The van der Waals surface area contributed by atoms with Crippen LogP contribution in [-0.2, 0) is 4.74 Å². The predicted octanol–water partition coefficient (Wildman–Crippen LogP) is 7.41. The molecule has 0 spiro atoms. The first-order valence-corrected chi connectivity index (χ1v) is 13.7. The minimum atomic E-state index is -0.0766. The molecule has 4 aliphatic carbocycles. The Hall–Kier alpha value is -0.340. The highest BCUT2D eigenvalue weighted by atomic mass is 16.6. The largest absolute Gasteiger partial charge is 0.393 e. The van der Waals surface area contributed by atoms with Crippen molar-refractivity contribution in [2.24, 2.45) is 46.3 Å². The van der Waals surface area contributed by atoms with Crippen molar-refractivity contribution < 1.29 is 9.84 Å². The maximum atomic E-state index is 10.2. The van der Waals surface area contributed by atoms with E-state index in [9.17, 15) is 5.11 Å². The van der Waals surface area contributed by atoms with Crippen molar-refractivity contribution in [3.05, 3.63) is 11.6 Å². The number of aliphatic hydroxyl groups is 1. The normalized spacial score (nSPS) is 44.4. The van der Waals surface area contributed by atoms with Crippen LogP contribution in [0.15, 0.2) is 11.6 Å². The zero-order valence-corrected chi connectivity index (χ0v) is 21.2. The lowest BCUT2D eigenvalue weighted by Crippen LogP contribution is -2.50. The zero-order chi connectivity index (χ0) is 22.2. The Morgan fingerprint density at radius 1 is 1.00 bits per heavy atom. The molecular weight excluding hydrogens is 380 g/mol. The fourth-order valence-corrected chi connectivity index (χ4v) is 8.67. The summed E-state index contributed by atoms with van der Waals surface area (Å²) in [6.07, 6.45) is 17.2. The van der Waals surface area contributed by atoms with Crippen molar-refractivity contribution in [2.75, 3.05) is 13.2 Å². The van der Waals surface area contributed by atoms with E-state index in [-0.39, 0.29) is 6.10 Å². The van der Waals surface area contributed by atoms with Crippen LogP contribution in [0.5, 0.6) is 0 Å². The first kappa shape index (κ1) is 23.8. The number of ether oxygens (including phenoxy) is 1. The van der Waals surface area contributed by atoms with E-state index < -0.39 is 0 Å². The third-order valence-corrected chi connectivity index (χ3v) is 10.5. The summed E-state index contributed by atoms with van der Waals surface area (Å²) in [4.78, 5) is 0. The Bertz CT molecular complexity index is 634. The van der Waals surface area contributed by atoms with Crippen LogP contribution in [0.2, 0.25) is 0 Å². The van der Waals surface area contributed by atoms with Crippen molar-refractivity contribution in [3.8, 4) is 0 Å². The molecule has 0 aromatic carbocycles. The molecule has 8 atom stereocenters. The van der Waals surface area contributed by atoms with E-state index in [2.05, 4.69) is 45.4 Å². The number of allylic oxidation sites excluding steroid dienone is 1. The molecule has 178 valence electrons. The molecule has 2 heteroatoms. The minimum absolute atomic E-state index is 0.0766. The van der Waals surface area contributed by atoms with Gasteiger partial charge in [-0.25, -0.2) is 0 Å². The Morgan fingerprint density at radius 2 is 1.74 bits per heavy atom. The fraction of sp³-hybridized carbons (Fsp3) is 0.931. The lowest BCUT2D eigenvalue weighted by molar-refractivity contribution is -0.0573. The van der Waals surface area contributed by atoms with Gasteiger partial charge in [-0.05, 0) is 97.7 Å². The van der Waals surface area contributed by atoms with E-state index in [1.807, 2.05) is 0 Å². The molecule has 2 nitrogen and oxygen atoms in total. The van der Waals surface area contributed by atoms with Gasteiger partial charge in [0.1, 0.15) is 0 Å². The Labute approximate surface area is 192 Å². The molecule has 31 heavy (non-hydrogen) atoms. The van der Waals surface area contributed by atoms with Gasteiger partial charge in [-0.1, -0.05) is 65.5 Å². The molecule has 0 aromatic rings. The van der Waals surface area contributed by atoms with Gasteiger partial charge >= 0.3 is 0 Å².